The molecule has 3 aromatic rings. The second-order valence-corrected chi connectivity index (χ2v) is 6.06. The van der Waals surface area contributed by atoms with Gasteiger partial charge >= 0.3 is 0 Å². The number of nitrogens with zero attached hydrogens (tertiary/aromatic N) is 4. The number of fused-ring (bicyclic) bond motifs is 6. The summed E-state index contributed by atoms with van der Waals surface area (Å²) in [5.74, 6) is 0.939. The Hall–Kier alpha value is -3.58. The molecule has 0 amide bonds. The van der Waals surface area contributed by atoms with Crippen molar-refractivity contribution < 1.29 is 0 Å². The van der Waals surface area contributed by atoms with Crippen molar-refractivity contribution in [1.29, 1.82) is 0 Å². The molecule has 0 bridgehead atoms. The number of hydrazone groups is 1. The van der Waals surface area contributed by atoms with Crippen molar-refractivity contribution in [2.24, 2.45) is 5.10 Å². The van der Waals surface area contributed by atoms with Gasteiger partial charge in [-0.2, -0.15) is 5.10 Å². The number of amidine groups is 1. The zero-order chi connectivity index (χ0) is 16.8. The third-order valence-electron chi connectivity index (χ3n) is 4.68. The van der Waals surface area contributed by atoms with Crippen LogP contribution in [0.25, 0.3) is 16.0 Å². The Morgan fingerprint density at radius 2 is 1.40 bits per heavy atom. The third kappa shape index (κ3) is 1.96. The summed E-state index contributed by atoms with van der Waals surface area (Å²) < 4.78 is 0. The van der Waals surface area contributed by atoms with E-state index in [4.69, 9.17) is 11.7 Å². The quantitative estimate of drug-likeness (QED) is 0.597. The summed E-state index contributed by atoms with van der Waals surface area (Å²) in [6.07, 6.45) is 0. The van der Waals surface area contributed by atoms with Crippen LogP contribution in [-0.2, 0) is 0 Å². The number of anilines is 2. The summed E-state index contributed by atoms with van der Waals surface area (Å²) in [5, 5.41) is 6.78. The maximum absolute atomic E-state index is 7.42. The predicted molar refractivity (Wildman–Crippen MR) is 101 cm³/mol. The first-order chi connectivity index (χ1) is 12.4. The SMILES string of the molecule is [C-]#[N+]c1ccccc1N1CN2C(=N1)c1ccccc1-c1ccccc12. The molecular formula is C21H14N4. The van der Waals surface area contributed by atoms with E-state index in [0.29, 0.717) is 12.4 Å². The third-order valence-corrected chi connectivity index (χ3v) is 4.68. The highest BCUT2D eigenvalue weighted by Gasteiger charge is 2.33. The summed E-state index contributed by atoms with van der Waals surface area (Å²) in [5.41, 5.74) is 6.17. The highest BCUT2D eigenvalue weighted by atomic mass is 15.6. The smallest absolute Gasteiger partial charge is 0.211 e. The largest absolute Gasteiger partial charge is 0.304 e. The summed E-state index contributed by atoms with van der Waals surface area (Å²) in [7, 11) is 0. The lowest BCUT2D eigenvalue weighted by Gasteiger charge is -2.29. The fourth-order valence-electron chi connectivity index (χ4n) is 3.55. The van der Waals surface area contributed by atoms with Crippen LogP contribution in [-0.4, -0.2) is 12.5 Å². The second kappa shape index (κ2) is 5.22. The molecule has 0 radical (unpaired) electrons. The zero-order valence-corrected chi connectivity index (χ0v) is 13.4. The highest BCUT2D eigenvalue weighted by Crippen LogP contribution is 2.42. The molecule has 0 N–H and O–H groups in total. The summed E-state index contributed by atoms with van der Waals surface area (Å²) >= 11 is 0. The van der Waals surface area contributed by atoms with Gasteiger partial charge in [-0.3, -0.25) is 5.01 Å². The van der Waals surface area contributed by atoms with Crippen LogP contribution in [0.3, 0.4) is 0 Å². The molecule has 0 aromatic heterocycles. The minimum absolute atomic E-state index is 0.604. The number of hydrogen-bond acceptors (Lipinski definition) is 3. The van der Waals surface area contributed by atoms with Gasteiger partial charge in [-0.15, -0.1) is 0 Å². The number of para-hydroxylation sites is 3. The molecule has 0 unspecified atom stereocenters. The molecule has 4 nitrogen and oxygen atoms in total. The van der Waals surface area contributed by atoms with Gasteiger partial charge in [-0.05, 0) is 17.7 Å². The maximum Gasteiger partial charge on any atom is 0.211 e. The first-order valence-electron chi connectivity index (χ1n) is 8.16. The Labute approximate surface area is 146 Å². The van der Waals surface area contributed by atoms with Crippen LogP contribution in [0.2, 0.25) is 0 Å². The van der Waals surface area contributed by atoms with Crippen molar-refractivity contribution in [2.45, 2.75) is 0 Å². The van der Waals surface area contributed by atoms with E-state index in [0.717, 1.165) is 22.8 Å². The molecule has 118 valence electrons. The van der Waals surface area contributed by atoms with Crippen LogP contribution < -0.4 is 9.91 Å². The molecule has 4 heteroatoms. The van der Waals surface area contributed by atoms with E-state index < -0.39 is 0 Å². The Kier molecular flexibility index (Phi) is 2.88. The molecule has 0 saturated carbocycles. The molecule has 2 aliphatic rings. The van der Waals surface area contributed by atoms with Crippen molar-refractivity contribution in [3.63, 3.8) is 0 Å². The normalized spacial score (nSPS) is 14.3. The van der Waals surface area contributed by atoms with Crippen molar-refractivity contribution in [1.82, 2.24) is 0 Å². The van der Waals surface area contributed by atoms with E-state index in [-0.39, 0.29) is 0 Å². The lowest BCUT2D eigenvalue weighted by Crippen LogP contribution is -2.34. The van der Waals surface area contributed by atoms with Gasteiger partial charge in [-0.1, -0.05) is 60.7 Å². The molecule has 0 spiro atoms. The fraction of sp³-hybridized carbons (Fsp3) is 0.0476. The molecule has 0 atom stereocenters. The lowest BCUT2D eigenvalue weighted by molar-refractivity contribution is 0.914. The van der Waals surface area contributed by atoms with E-state index in [1.165, 1.54) is 11.1 Å². The topological polar surface area (TPSA) is 23.2 Å². The van der Waals surface area contributed by atoms with Gasteiger partial charge in [0.1, 0.15) is 6.67 Å². The molecule has 5 rings (SSSR count). The average Bonchev–Trinajstić information content (AvgIpc) is 3.14. The standard InChI is InChI=1S/C21H14N4/c1-22-18-11-5-7-13-20(18)25-14-24-19-12-6-4-9-16(19)15-8-2-3-10-17(15)21(24)23-25/h2-13H,14H2. The van der Waals surface area contributed by atoms with Crippen molar-refractivity contribution in [2.75, 3.05) is 16.6 Å². The van der Waals surface area contributed by atoms with E-state index in [9.17, 15) is 0 Å². The van der Waals surface area contributed by atoms with E-state index >= 15 is 0 Å². The van der Waals surface area contributed by atoms with Gasteiger partial charge in [0.2, 0.25) is 5.69 Å². The molecule has 3 aromatic carbocycles. The molecule has 2 heterocycles. The molecule has 0 aliphatic carbocycles. The van der Waals surface area contributed by atoms with Crippen molar-refractivity contribution >= 4 is 22.9 Å². The monoisotopic (exact) mass is 322 g/mol. The molecule has 2 aliphatic heterocycles. The predicted octanol–water partition coefficient (Wildman–Crippen LogP) is 4.86. The molecular weight excluding hydrogens is 308 g/mol. The second-order valence-electron chi connectivity index (χ2n) is 6.06. The van der Waals surface area contributed by atoms with Gasteiger partial charge in [0.05, 0.1) is 17.9 Å². The van der Waals surface area contributed by atoms with Crippen LogP contribution in [0.15, 0.2) is 77.9 Å². The Bertz CT molecular complexity index is 1060. The maximum atomic E-state index is 7.42. The minimum atomic E-state index is 0.604. The van der Waals surface area contributed by atoms with E-state index in [2.05, 4.69) is 52.2 Å². The van der Waals surface area contributed by atoms with Gasteiger partial charge in [0.25, 0.3) is 0 Å². The lowest BCUT2D eigenvalue weighted by atomic mass is 9.93. The number of rotatable bonds is 1. The fourth-order valence-corrected chi connectivity index (χ4v) is 3.55. The minimum Gasteiger partial charge on any atom is -0.304 e. The Morgan fingerprint density at radius 1 is 0.760 bits per heavy atom. The average molecular weight is 322 g/mol. The molecule has 0 fully saturated rings. The highest BCUT2D eigenvalue weighted by molar-refractivity contribution is 6.20. The van der Waals surface area contributed by atoms with Gasteiger partial charge in [0.15, 0.2) is 5.84 Å². The van der Waals surface area contributed by atoms with Crippen molar-refractivity contribution in [3.8, 4) is 11.1 Å². The van der Waals surface area contributed by atoms with E-state index in [1.54, 1.807) is 0 Å². The summed E-state index contributed by atoms with van der Waals surface area (Å²) in [6, 6.07) is 24.4. The van der Waals surface area contributed by atoms with Crippen LogP contribution in [0, 0.1) is 6.57 Å². The van der Waals surface area contributed by atoms with Crippen LogP contribution in [0.4, 0.5) is 17.1 Å². The number of hydrogen-bond donors (Lipinski definition) is 0. The first kappa shape index (κ1) is 13.8. The van der Waals surface area contributed by atoms with Crippen molar-refractivity contribution in [3.05, 3.63) is 89.8 Å². The number of benzene rings is 3. The van der Waals surface area contributed by atoms with Gasteiger partial charge in [-0.25, -0.2) is 4.85 Å². The van der Waals surface area contributed by atoms with Crippen LogP contribution in [0.5, 0.6) is 0 Å². The Balaban J connectivity index is 1.70. The molecule has 25 heavy (non-hydrogen) atoms. The summed E-state index contributed by atoms with van der Waals surface area (Å²) in [6.45, 7) is 8.03. The van der Waals surface area contributed by atoms with Gasteiger partial charge < -0.3 is 4.90 Å². The van der Waals surface area contributed by atoms with Crippen LogP contribution >= 0.6 is 0 Å². The first-order valence-corrected chi connectivity index (χ1v) is 8.16. The van der Waals surface area contributed by atoms with E-state index in [1.807, 2.05) is 35.3 Å². The molecule has 0 saturated heterocycles. The van der Waals surface area contributed by atoms with Crippen LogP contribution in [0.1, 0.15) is 5.56 Å². The summed E-state index contributed by atoms with van der Waals surface area (Å²) in [4.78, 5) is 5.86. The zero-order valence-electron chi connectivity index (χ0n) is 13.4. The Morgan fingerprint density at radius 3 is 2.20 bits per heavy atom. The van der Waals surface area contributed by atoms with Gasteiger partial charge in [0, 0.05) is 11.1 Å².